The predicted molar refractivity (Wildman–Crippen MR) is 41.5 cm³/mol. The van der Waals surface area contributed by atoms with Gasteiger partial charge in [-0.05, 0) is 0 Å². The third kappa shape index (κ3) is 1.92. The molecule has 0 aromatic heterocycles. The second-order valence-corrected chi connectivity index (χ2v) is 3.45. The van der Waals surface area contributed by atoms with Crippen LogP contribution in [-0.4, -0.2) is 13.1 Å². The Morgan fingerprint density at radius 2 is 2.17 bits per heavy atom. The predicted octanol–water partition coefficient (Wildman–Crippen LogP) is 1.52. The van der Waals surface area contributed by atoms with Gasteiger partial charge in [0.15, 0.2) is 0 Å². The summed E-state index contributed by atoms with van der Waals surface area (Å²) in [4.78, 5) is 11.2. The average molecular weight is 215 g/mol. The van der Waals surface area contributed by atoms with Crippen LogP contribution in [0, 0.1) is 0 Å². The van der Waals surface area contributed by atoms with Crippen LogP contribution in [0.4, 0.5) is 0 Å². The number of ether oxygens (including phenoxy) is 1. The molecule has 0 fully saturated rings. The van der Waals surface area contributed by atoms with E-state index in [0.717, 1.165) is 28.9 Å². The summed E-state index contributed by atoms with van der Waals surface area (Å²) >= 11 is 1.16. The van der Waals surface area contributed by atoms with Gasteiger partial charge >= 0.3 is 81.3 Å². The molecule has 0 unspecified atom stereocenters. The Morgan fingerprint density at radius 3 is 2.75 bits per heavy atom. The minimum absolute atomic E-state index is 0.237. The summed E-state index contributed by atoms with van der Waals surface area (Å²) in [6.45, 7) is 0. The first-order valence-electron chi connectivity index (χ1n) is 3.75. The fourth-order valence-electron chi connectivity index (χ4n) is 1.05. The summed E-state index contributed by atoms with van der Waals surface area (Å²) in [5, 5.41) is 0.977. The van der Waals surface area contributed by atoms with E-state index in [1.807, 2.05) is 18.2 Å². The van der Waals surface area contributed by atoms with Gasteiger partial charge in [-0.3, -0.25) is 0 Å². The van der Waals surface area contributed by atoms with E-state index in [9.17, 15) is 4.79 Å². The molecule has 1 rings (SSSR count). The second-order valence-electron chi connectivity index (χ2n) is 2.40. The van der Waals surface area contributed by atoms with Crippen molar-refractivity contribution in [1.29, 1.82) is 0 Å². The molecule has 0 saturated carbocycles. The van der Waals surface area contributed by atoms with Crippen LogP contribution >= 0.6 is 0 Å². The number of carbonyl (C=O) groups excluding carboxylic acids is 1. The van der Waals surface area contributed by atoms with Crippen molar-refractivity contribution in [2.45, 2.75) is 5.02 Å². The molecular weight excluding hydrogens is 205 g/mol. The molecule has 0 bridgehead atoms. The van der Waals surface area contributed by atoms with Crippen molar-refractivity contribution < 1.29 is 27.8 Å². The van der Waals surface area contributed by atoms with E-state index in [1.54, 1.807) is 6.07 Å². The van der Waals surface area contributed by atoms with Crippen LogP contribution in [0.25, 0.3) is 0 Å². The number of hydrogen-bond donors (Lipinski definition) is 0. The topological polar surface area (TPSA) is 26.3 Å². The molecule has 0 amide bonds. The molecule has 12 heavy (non-hydrogen) atoms. The van der Waals surface area contributed by atoms with Gasteiger partial charge in [-0.2, -0.15) is 0 Å². The molecule has 0 N–H and O–H groups in total. The van der Waals surface area contributed by atoms with Gasteiger partial charge in [0.1, 0.15) is 0 Å². The molecule has 0 spiro atoms. The van der Waals surface area contributed by atoms with Crippen molar-refractivity contribution >= 4 is 5.97 Å². The zero-order chi connectivity index (χ0) is 8.97. The van der Waals surface area contributed by atoms with Crippen LogP contribution < -0.4 is 0 Å². The van der Waals surface area contributed by atoms with Crippen LogP contribution in [-0.2, 0) is 28.1 Å². The Balaban J connectivity index is 3.04. The van der Waals surface area contributed by atoms with Crippen LogP contribution in [0.3, 0.4) is 0 Å². The van der Waals surface area contributed by atoms with Gasteiger partial charge in [-0.25, -0.2) is 0 Å². The molecular formula is C9H9O2Zn. The van der Waals surface area contributed by atoms with Crippen LogP contribution in [0.1, 0.15) is 15.9 Å². The van der Waals surface area contributed by atoms with E-state index in [-0.39, 0.29) is 5.97 Å². The fourth-order valence-corrected chi connectivity index (χ4v) is 1.96. The first-order valence-corrected chi connectivity index (χ1v) is 5.85. The van der Waals surface area contributed by atoms with Gasteiger partial charge in [0, 0.05) is 0 Å². The molecule has 0 heterocycles. The average Bonchev–Trinajstić information content (AvgIpc) is 2.16. The van der Waals surface area contributed by atoms with E-state index in [1.165, 1.54) is 7.11 Å². The van der Waals surface area contributed by atoms with Gasteiger partial charge in [-0.1, -0.05) is 0 Å². The van der Waals surface area contributed by atoms with E-state index in [0.29, 0.717) is 5.56 Å². The molecule has 0 saturated heterocycles. The summed E-state index contributed by atoms with van der Waals surface area (Å²) in [7, 11) is 1.41. The second kappa shape index (κ2) is 4.37. The third-order valence-electron chi connectivity index (χ3n) is 1.69. The van der Waals surface area contributed by atoms with Crippen molar-refractivity contribution in [1.82, 2.24) is 0 Å². The molecule has 2 nitrogen and oxygen atoms in total. The monoisotopic (exact) mass is 213 g/mol. The normalized spacial score (nSPS) is 9.58. The number of esters is 1. The van der Waals surface area contributed by atoms with E-state index in [2.05, 4.69) is 4.74 Å². The van der Waals surface area contributed by atoms with Gasteiger partial charge in [0.2, 0.25) is 0 Å². The Labute approximate surface area is 81.6 Å². The molecule has 1 aromatic rings. The maximum atomic E-state index is 11.2. The summed E-state index contributed by atoms with van der Waals surface area (Å²) in [6, 6.07) is 7.56. The Bertz CT molecular complexity index is 284. The van der Waals surface area contributed by atoms with Crippen molar-refractivity contribution in [2.75, 3.05) is 7.11 Å². The molecule has 59 valence electrons. The zero-order valence-electron chi connectivity index (χ0n) is 7.04. The quantitative estimate of drug-likeness (QED) is 0.551. The zero-order valence-corrected chi connectivity index (χ0v) is 10.0. The van der Waals surface area contributed by atoms with Crippen molar-refractivity contribution in [3.8, 4) is 0 Å². The number of benzene rings is 1. The maximum absolute atomic E-state index is 11.2. The Morgan fingerprint density at radius 1 is 1.50 bits per heavy atom. The summed E-state index contributed by atoms with van der Waals surface area (Å²) < 4.78 is 4.65. The SMILES string of the molecule is COC(=O)c1ccccc1[CH2][Zn]. The molecule has 1 aromatic carbocycles. The summed E-state index contributed by atoms with van der Waals surface area (Å²) in [6.07, 6.45) is 0. The van der Waals surface area contributed by atoms with Crippen molar-refractivity contribution in [2.24, 2.45) is 0 Å². The van der Waals surface area contributed by atoms with Crippen LogP contribution in [0.5, 0.6) is 0 Å². The Hall–Kier alpha value is -0.687. The van der Waals surface area contributed by atoms with E-state index in [4.69, 9.17) is 0 Å². The minimum atomic E-state index is -0.237. The van der Waals surface area contributed by atoms with Gasteiger partial charge in [0.25, 0.3) is 0 Å². The van der Waals surface area contributed by atoms with Gasteiger partial charge in [-0.15, -0.1) is 0 Å². The molecule has 0 aliphatic carbocycles. The van der Waals surface area contributed by atoms with E-state index >= 15 is 0 Å². The molecule has 0 aliphatic rings. The molecule has 3 heteroatoms. The molecule has 0 aliphatic heterocycles. The van der Waals surface area contributed by atoms with Crippen LogP contribution in [0.2, 0.25) is 0 Å². The first kappa shape index (κ1) is 9.40. The van der Waals surface area contributed by atoms with Crippen molar-refractivity contribution in [3.63, 3.8) is 0 Å². The number of hydrogen-bond acceptors (Lipinski definition) is 2. The number of rotatable bonds is 2. The summed E-state index contributed by atoms with van der Waals surface area (Å²) in [5.41, 5.74) is 1.79. The number of methoxy groups -OCH3 is 1. The first-order chi connectivity index (χ1) is 5.79. The van der Waals surface area contributed by atoms with Crippen molar-refractivity contribution in [3.05, 3.63) is 35.4 Å². The van der Waals surface area contributed by atoms with Gasteiger partial charge < -0.3 is 0 Å². The van der Waals surface area contributed by atoms with E-state index < -0.39 is 0 Å². The molecule has 0 atom stereocenters. The standard InChI is InChI=1S/C9H9O2.Zn/c1-7-5-3-4-6-8(7)9(10)11-2;/h3-6H,1H2,2H3;. The third-order valence-corrected chi connectivity index (χ3v) is 2.82. The summed E-state index contributed by atoms with van der Waals surface area (Å²) in [5.74, 6) is -0.237. The number of carbonyl (C=O) groups is 1. The Kier molecular flexibility index (Phi) is 3.42. The fraction of sp³-hybridized carbons (Fsp3) is 0.222. The molecule has 0 radical (unpaired) electrons. The van der Waals surface area contributed by atoms with Crippen LogP contribution in [0.15, 0.2) is 24.3 Å². The van der Waals surface area contributed by atoms with Gasteiger partial charge in [0.05, 0.1) is 0 Å².